The smallest absolute Gasteiger partial charge is 0.268 e. The minimum atomic E-state index is -4.09. The fourth-order valence-electron chi connectivity index (χ4n) is 2.70. The molecular formula is C19H19ClN2O6S. The number of benzene rings is 2. The van der Waals surface area contributed by atoms with E-state index in [1.165, 1.54) is 29.7 Å². The van der Waals surface area contributed by atoms with Crippen LogP contribution in [0, 0.1) is 0 Å². The Kier molecular flexibility index (Phi) is 6.13. The number of carbonyl (C=O) groups excluding carboxylic acids is 1. The van der Waals surface area contributed by atoms with E-state index < -0.39 is 21.5 Å². The summed E-state index contributed by atoms with van der Waals surface area (Å²) in [6.07, 6.45) is 1.60. The molecule has 0 radical (unpaired) electrons. The highest BCUT2D eigenvalue weighted by molar-refractivity contribution is 7.89. The summed E-state index contributed by atoms with van der Waals surface area (Å²) < 4.78 is 38.9. The zero-order chi connectivity index (χ0) is 21.1. The van der Waals surface area contributed by atoms with Gasteiger partial charge < -0.3 is 9.47 Å². The van der Waals surface area contributed by atoms with Crippen molar-refractivity contribution < 1.29 is 27.9 Å². The van der Waals surface area contributed by atoms with Gasteiger partial charge in [-0.25, -0.2) is 13.9 Å². The van der Waals surface area contributed by atoms with Crippen molar-refractivity contribution in [2.75, 3.05) is 6.61 Å². The van der Waals surface area contributed by atoms with Crippen molar-refractivity contribution in [3.05, 3.63) is 65.4 Å². The summed E-state index contributed by atoms with van der Waals surface area (Å²) in [7, 11) is -4.09. The summed E-state index contributed by atoms with van der Waals surface area (Å²) >= 11 is 5.83. The van der Waals surface area contributed by atoms with Gasteiger partial charge in [0.15, 0.2) is 5.54 Å². The molecule has 29 heavy (non-hydrogen) atoms. The number of ether oxygens (including phenoxy) is 2. The first-order valence-electron chi connectivity index (χ1n) is 8.56. The van der Waals surface area contributed by atoms with Gasteiger partial charge in [-0.1, -0.05) is 11.6 Å². The van der Waals surface area contributed by atoms with Gasteiger partial charge in [-0.2, -0.15) is 4.72 Å². The summed E-state index contributed by atoms with van der Waals surface area (Å²) in [6, 6.07) is 12.4. The second kappa shape index (κ2) is 8.42. The molecule has 0 saturated heterocycles. The third-order valence-electron chi connectivity index (χ3n) is 4.33. The third kappa shape index (κ3) is 4.88. The zero-order valence-electron chi connectivity index (χ0n) is 15.4. The summed E-state index contributed by atoms with van der Waals surface area (Å²) in [5.41, 5.74) is -0.161. The fraction of sp³-hybridized carbons (Fsp3) is 0.211. The van der Waals surface area contributed by atoms with E-state index >= 15 is 0 Å². The number of nitrogens with one attached hydrogen (secondary N) is 2. The lowest BCUT2D eigenvalue weighted by molar-refractivity contribution is -0.137. The molecule has 1 heterocycles. The highest BCUT2D eigenvalue weighted by Crippen LogP contribution is 2.27. The zero-order valence-corrected chi connectivity index (χ0v) is 17.0. The van der Waals surface area contributed by atoms with E-state index in [0.717, 1.165) is 0 Å². The summed E-state index contributed by atoms with van der Waals surface area (Å²) in [4.78, 5) is 12.1. The number of halogens is 1. The van der Waals surface area contributed by atoms with Gasteiger partial charge in [0.25, 0.3) is 5.91 Å². The van der Waals surface area contributed by atoms with E-state index in [2.05, 4.69) is 4.72 Å². The summed E-state index contributed by atoms with van der Waals surface area (Å²) in [6.45, 7) is 1.44. The number of hydroxylamine groups is 1. The Morgan fingerprint density at radius 3 is 2.24 bits per heavy atom. The SMILES string of the molecule is CC1=CCC(NS(=O)(=O)c2ccc(Oc3ccc(Cl)cc3)cc2)(C(=O)NO)CO1. The highest BCUT2D eigenvalue weighted by Gasteiger charge is 2.44. The van der Waals surface area contributed by atoms with Crippen molar-refractivity contribution >= 4 is 27.5 Å². The maximum Gasteiger partial charge on any atom is 0.268 e. The van der Waals surface area contributed by atoms with Crippen molar-refractivity contribution in [1.29, 1.82) is 0 Å². The Hall–Kier alpha value is -2.59. The van der Waals surface area contributed by atoms with Crippen LogP contribution in [0.5, 0.6) is 11.5 Å². The lowest BCUT2D eigenvalue weighted by Crippen LogP contribution is -2.61. The molecule has 154 valence electrons. The lowest BCUT2D eigenvalue weighted by Gasteiger charge is -2.34. The Morgan fingerprint density at radius 2 is 1.72 bits per heavy atom. The topological polar surface area (TPSA) is 114 Å². The number of amides is 1. The number of hydrogen-bond acceptors (Lipinski definition) is 6. The summed E-state index contributed by atoms with van der Waals surface area (Å²) in [5.74, 6) is 0.624. The van der Waals surface area contributed by atoms with Gasteiger partial charge >= 0.3 is 0 Å². The van der Waals surface area contributed by atoms with Crippen molar-refractivity contribution in [2.45, 2.75) is 23.8 Å². The second-order valence-corrected chi connectivity index (χ2v) is 8.58. The molecule has 0 spiro atoms. The molecule has 10 heteroatoms. The van der Waals surface area contributed by atoms with E-state index in [4.69, 9.17) is 26.3 Å². The number of carbonyl (C=O) groups is 1. The van der Waals surface area contributed by atoms with Crippen molar-refractivity contribution in [1.82, 2.24) is 10.2 Å². The van der Waals surface area contributed by atoms with E-state index in [0.29, 0.717) is 22.3 Å². The number of rotatable bonds is 6. The molecule has 1 amide bonds. The van der Waals surface area contributed by atoms with Crippen LogP contribution in [0.15, 0.2) is 65.3 Å². The van der Waals surface area contributed by atoms with Crippen LogP contribution in [0.25, 0.3) is 0 Å². The minimum Gasteiger partial charge on any atom is -0.496 e. The number of allylic oxidation sites excluding steroid dienone is 1. The van der Waals surface area contributed by atoms with E-state index in [-0.39, 0.29) is 17.9 Å². The minimum absolute atomic E-state index is 0.0300. The van der Waals surface area contributed by atoms with Crippen LogP contribution in [0.1, 0.15) is 13.3 Å². The first-order chi connectivity index (χ1) is 13.7. The van der Waals surface area contributed by atoms with Gasteiger partial charge in [0.2, 0.25) is 10.0 Å². The number of hydrogen-bond donors (Lipinski definition) is 3. The van der Waals surface area contributed by atoms with Crippen molar-refractivity contribution in [2.24, 2.45) is 0 Å². The average molecular weight is 439 g/mol. The van der Waals surface area contributed by atoms with Crippen LogP contribution >= 0.6 is 11.6 Å². The Bertz CT molecular complexity index is 1020. The predicted molar refractivity (Wildman–Crippen MR) is 105 cm³/mol. The first-order valence-corrected chi connectivity index (χ1v) is 10.4. The molecule has 1 atom stereocenters. The van der Waals surface area contributed by atoms with Gasteiger partial charge in [-0.3, -0.25) is 10.0 Å². The third-order valence-corrected chi connectivity index (χ3v) is 6.14. The van der Waals surface area contributed by atoms with E-state index in [9.17, 15) is 13.2 Å². The molecule has 0 saturated carbocycles. The molecule has 1 unspecified atom stereocenters. The Labute approximate surface area is 173 Å². The molecule has 1 aliphatic rings. The highest BCUT2D eigenvalue weighted by atomic mass is 35.5. The van der Waals surface area contributed by atoms with Crippen LogP contribution in [0.4, 0.5) is 0 Å². The fourth-order valence-corrected chi connectivity index (χ4v) is 4.18. The molecule has 8 nitrogen and oxygen atoms in total. The average Bonchev–Trinajstić information content (AvgIpc) is 2.71. The Morgan fingerprint density at radius 1 is 1.14 bits per heavy atom. The quantitative estimate of drug-likeness (QED) is 0.472. The largest absolute Gasteiger partial charge is 0.496 e. The molecule has 2 aromatic carbocycles. The van der Waals surface area contributed by atoms with Gasteiger partial charge in [0, 0.05) is 11.4 Å². The van der Waals surface area contributed by atoms with Gasteiger partial charge in [-0.05, 0) is 61.5 Å². The van der Waals surface area contributed by atoms with Crippen molar-refractivity contribution in [3.8, 4) is 11.5 Å². The van der Waals surface area contributed by atoms with E-state index in [1.807, 2.05) is 0 Å². The van der Waals surface area contributed by atoms with Crippen molar-refractivity contribution in [3.63, 3.8) is 0 Å². The van der Waals surface area contributed by atoms with Gasteiger partial charge in [0.1, 0.15) is 18.1 Å². The number of sulfonamides is 1. The molecular weight excluding hydrogens is 420 g/mol. The summed E-state index contributed by atoms with van der Waals surface area (Å²) in [5, 5.41) is 9.62. The van der Waals surface area contributed by atoms with Crippen LogP contribution in [0.2, 0.25) is 5.02 Å². The molecule has 3 N–H and O–H groups in total. The molecule has 0 aromatic heterocycles. The first kappa shape index (κ1) is 21.1. The molecule has 0 bridgehead atoms. The van der Waals surface area contributed by atoms with Crippen LogP contribution < -0.4 is 14.9 Å². The Balaban J connectivity index is 1.79. The maximum absolute atomic E-state index is 12.8. The van der Waals surface area contributed by atoms with Crippen LogP contribution in [-0.4, -0.2) is 31.7 Å². The monoisotopic (exact) mass is 438 g/mol. The molecule has 2 aromatic rings. The molecule has 0 fully saturated rings. The molecule has 0 aliphatic carbocycles. The van der Waals surface area contributed by atoms with Gasteiger partial charge in [-0.15, -0.1) is 0 Å². The molecule has 3 rings (SSSR count). The van der Waals surface area contributed by atoms with Crippen LogP contribution in [0.3, 0.4) is 0 Å². The lowest BCUT2D eigenvalue weighted by atomic mass is 9.94. The van der Waals surface area contributed by atoms with Gasteiger partial charge in [0.05, 0.1) is 10.7 Å². The normalized spacial score (nSPS) is 19.1. The van der Waals surface area contributed by atoms with E-state index in [1.54, 1.807) is 37.3 Å². The predicted octanol–water partition coefficient (Wildman–Crippen LogP) is 2.98. The standard InChI is InChI=1S/C19H19ClN2O6S/c1-13-10-11-19(12-27-13,18(23)21-24)22-29(25,26)17-8-6-16(7-9-17)28-15-4-2-14(20)3-5-15/h2-10,22,24H,11-12H2,1H3,(H,21,23). The van der Waals surface area contributed by atoms with Crippen LogP contribution in [-0.2, 0) is 19.6 Å². The molecule has 1 aliphatic heterocycles. The maximum atomic E-state index is 12.8. The second-order valence-electron chi connectivity index (χ2n) is 6.46.